The first-order valence-electron chi connectivity index (χ1n) is 8.40. The third-order valence-electron chi connectivity index (χ3n) is 4.88. The van der Waals surface area contributed by atoms with Crippen molar-refractivity contribution in [3.63, 3.8) is 0 Å². The summed E-state index contributed by atoms with van der Waals surface area (Å²) in [5, 5.41) is 0. The van der Waals surface area contributed by atoms with Gasteiger partial charge in [-0.25, -0.2) is 9.97 Å². The van der Waals surface area contributed by atoms with Crippen LogP contribution in [0.4, 0.5) is 17.3 Å². The Hall–Kier alpha value is -2.63. The van der Waals surface area contributed by atoms with Crippen molar-refractivity contribution in [1.82, 2.24) is 14.9 Å². The minimum Gasteiger partial charge on any atom is -0.353 e. The van der Waals surface area contributed by atoms with E-state index in [1.807, 2.05) is 0 Å². The Morgan fingerprint density at radius 3 is 2.62 bits per heavy atom. The van der Waals surface area contributed by atoms with Crippen molar-refractivity contribution in [2.75, 3.05) is 36.0 Å². The number of hydrogen-bond donors (Lipinski definition) is 0. The van der Waals surface area contributed by atoms with E-state index in [9.17, 15) is 4.79 Å². The molecule has 6 nitrogen and oxygen atoms in total. The van der Waals surface area contributed by atoms with Gasteiger partial charge in [0.05, 0.1) is 0 Å². The quantitative estimate of drug-likeness (QED) is 0.807. The van der Waals surface area contributed by atoms with Gasteiger partial charge in [0.15, 0.2) is 0 Å². The molecule has 0 aliphatic carbocycles. The molecule has 1 amide bonds. The van der Waals surface area contributed by atoms with Crippen LogP contribution in [0.15, 0.2) is 36.7 Å². The molecule has 0 N–H and O–H groups in total. The maximum atomic E-state index is 10.9. The van der Waals surface area contributed by atoms with E-state index < -0.39 is 0 Å². The molecule has 2 aromatic rings. The molecule has 0 saturated carbocycles. The highest BCUT2D eigenvalue weighted by Gasteiger charge is 2.28. The molecule has 2 aliphatic rings. The van der Waals surface area contributed by atoms with Gasteiger partial charge in [-0.15, -0.1) is 0 Å². The van der Waals surface area contributed by atoms with E-state index >= 15 is 0 Å². The zero-order valence-corrected chi connectivity index (χ0v) is 13.8. The predicted octanol–water partition coefficient (Wildman–Crippen LogP) is 1.84. The van der Waals surface area contributed by atoms with E-state index in [2.05, 4.69) is 57.0 Å². The minimum atomic E-state index is 0.386. The zero-order valence-electron chi connectivity index (χ0n) is 13.8. The topological polar surface area (TPSA) is 52.6 Å². The molecule has 124 valence electrons. The molecule has 0 radical (unpaired) electrons. The van der Waals surface area contributed by atoms with E-state index in [1.54, 1.807) is 11.2 Å². The lowest BCUT2D eigenvalue weighted by Gasteiger charge is -2.33. The Labute approximate surface area is 141 Å². The molecule has 2 aliphatic heterocycles. The van der Waals surface area contributed by atoms with Crippen molar-refractivity contribution in [3.05, 3.63) is 42.2 Å². The van der Waals surface area contributed by atoms with Gasteiger partial charge in [-0.05, 0) is 25.0 Å². The lowest BCUT2D eigenvalue weighted by atomic mass is 10.1. The van der Waals surface area contributed by atoms with Gasteiger partial charge < -0.3 is 14.7 Å². The van der Waals surface area contributed by atoms with E-state index in [-0.39, 0.29) is 0 Å². The molecule has 1 aromatic heterocycles. The molecule has 1 aromatic carbocycles. The van der Waals surface area contributed by atoms with Crippen LogP contribution in [0.25, 0.3) is 0 Å². The molecule has 6 heteroatoms. The largest absolute Gasteiger partial charge is 0.353 e. The van der Waals surface area contributed by atoms with Crippen molar-refractivity contribution < 1.29 is 4.79 Å². The van der Waals surface area contributed by atoms with Crippen molar-refractivity contribution in [3.8, 4) is 0 Å². The van der Waals surface area contributed by atoms with Crippen LogP contribution in [0, 0.1) is 0 Å². The maximum absolute atomic E-state index is 10.9. The number of piperazine rings is 1. The SMILES string of the molecule is CC1Cc2ccccc2N1c1cc(N2CCN(C=O)CC2)ncn1. The molecular weight excluding hydrogens is 302 g/mol. The molecule has 1 fully saturated rings. The third-order valence-corrected chi connectivity index (χ3v) is 4.88. The number of benzene rings is 1. The Morgan fingerprint density at radius 2 is 1.83 bits per heavy atom. The lowest BCUT2D eigenvalue weighted by Crippen LogP contribution is -2.46. The Bertz CT molecular complexity index is 742. The predicted molar refractivity (Wildman–Crippen MR) is 93.6 cm³/mol. The first kappa shape index (κ1) is 14.9. The molecular formula is C18H21N5O. The van der Waals surface area contributed by atoms with E-state index in [1.165, 1.54) is 11.3 Å². The van der Waals surface area contributed by atoms with Gasteiger partial charge in [0.2, 0.25) is 6.41 Å². The average Bonchev–Trinajstić information content (AvgIpc) is 2.97. The van der Waals surface area contributed by atoms with Gasteiger partial charge in [-0.3, -0.25) is 4.79 Å². The van der Waals surface area contributed by atoms with E-state index in [0.717, 1.165) is 50.6 Å². The fourth-order valence-corrected chi connectivity index (χ4v) is 3.61. The summed E-state index contributed by atoms with van der Waals surface area (Å²) in [6, 6.07) is 11.0. The Balaban J connectivity index is 1.61. The molecule has 1 saturated heterocycles. The number of rotatable bonds is 3. The summed E-state index contributed by atoms with van der Waals surface area (Å²) >= 11 is 0. The van der Waals surface area contributed by atoms with Gasteiger partial charge in [-0.1, -0.05) is 18.2 Å². The summed E-state index contributed by atoms with van der Waals surface area (Å²) in [5.74, 6) is 1.87. The lowest BCUT2D eigenvalue weighted by molar-refractivity contribution is -0.118. The first-order valence-corrected chi connectivity index (χ1v) is 8.40. The van der Waals surface area contributed by atoms with E-state index in [4.69, 9.17) is 0 Å². The van der Waals surface area contributed by atoms with Crippen LogP contribution in [-0.2, 0) is 11.2 Å². The standard InChI is InChI=1S/C18H21N5O/c1-14-10-15-4-2-3-5-16(15)23(14)18-11-17(19-12-20-18)22-8-6-21(13-24)7-9-22/h2-5,11-14H,6-10H2,1H3. The average molecular weight is 323 g/mol. The van der Waals surface area contributed by atoms with Gasteiger partial charge in [0.25, 0.3) is 0 Å². The highest BCUT2D eigenvalue weighted by molar-refractivity contribution is 5.70. The summed E-state index contributed by atoms with van der Waals surface area (Å²) in [4.78, 5) is 26.1. The van der Waals surface area contributed by atoms with Crippen LogP contribution in [0.2, 0.25) is 0 Å². The number of hydrogen-bond acceptors (Lipinski definition) is 5. The molecule has 1 atom stereocenters. The normalized spacial score (nSPS) is 20.2. The summed E-state index contributed by atoms with van der Waals surface area (Å²) in [6.45, 7) is 5.32. The summed E-state index contributed by atoms with van der Waals surface area (Å²) in [5.41, 5.74) is 2.60. The molecule has 0 spiro atoms. The molecule has 24 heavy (non-hydrogen) atoms. The highest BCUT2D eigenvalue weighted by Crippen LogP contribution is 2.37. The summed E-state index contributed by atoms with van der Waals surface area (Å²) in [7, 11) is 0. The second-order valence-electron chi connectivity index (χ2n) is 6.41. The van der Waals surface area contributed by atoms with Gasteiger partial charge >= 0.3 is 0 Å². The smallest absolute Gasteiger partial charge is 0.209 e. The minimum absolute atomic E-state index is 0.386. The Kier molecular flexibility index (Phi) is 3.80. The molecule has 1 unspecified atom stereocenters. The van der Waals surface area contributed by atoms with Crippen LogP contribution in [0.3, 0.4) is 0 Å². The number of aromatic nitrogens is 2. The third kappa shape index (κ3) is 2.58. The number of fused-ring (bicyclic) bond motifs is 1. The number of anilines is 3. The fraction of sp³-hybridized carbons (Fsp3) is 0.389. The van der Waals surface area contributed by atoms with Gasteiger partial charge in [0, 0.05) is 44.0 Å². The number of carbonyl (C=O) groups is 1. The van der Waals surface area contributed by atoms with Crippen molar-refractivity contribution in [2.24, 2.45) is 0 Å². The van der Waals surface area contributed by atoms with Crippen LogP contribution >= 0.6 is 0 Å². The van der Waals surface area contributed by atoms with E-state index in [0.29, 0.717) is 6.04 Å². The Morgan fingerprint density at radius 1 is 1.08 bits per heavy atom. The van der Waals surface area contributed by atoms with Crippen molar-refractivity contribution in [1.29, 1.82) is 0 Å². The second kappa shape index (κ2) is 6.11. The van der Waals surface area contributed by atoms with Crippen LogP contribution < -0.4 is 9.80 Å². The fourth-order valence-electron chi connectivity index (χ4n) is 3.61. The zero-order chi connectivity index (χ0) is 16.5. The second-order valence-corrected chi connectivity index (χ2v) is 6.41. The van der Waals surface area contributed by atoms with Crippen molar-refractivity contribution >= 4 is 23.7 Å². The highest BCUT2D eigenvalue weighted by atomic mass is 16.1. The first-order chi connectivity index (χ1) is 11.8. The van der Waals surface area contributed by atoms with Crippen molar-refractivity contribution in [2.45, 2.75) is 19.4 Å². The van der Waals surface area contributed by atoms with Crippen LogP contribution in [0.5, 0.6) is 0 Å². The molecule has 0 bridgehead atoms. The maximum Gasteiger partial charge on any atom is 0.209 e. The number of carbonyl (C=O) groups excluding carboxylic acids is 1. The monoisotopic (exact) mass is 323 g/mol. The van der Waals surface area contributed by atoms with Crippen LogP contribution in [-0.4, -0.2) is 53.5 Å². The molecule has 4 rings (SSSR count). The summed E-state index contributed by atoms with van der Waals surface area (Å²) in [6.07, 6.45) is 3.60. The number of para-hydroxylation sites is 1. The molecule has 3 heterocycles. The van der Waals surface area contributed by atoms with Gasteiger partial charge in [0.1, 0.15) is 18.0 Å². The van der Waals surface area contributed by atoms with Gasteiger partial charge in [-0.2, -0.15) is 0 Å². The summed E-state index contributed by atoms with van der Waals surface area (Å²) < 4.78 is 0. The van der Waals surface area contributed by atoms with Crippen LogP contribution in [0.1, 0.15) is 12.5 Å². The number of nitrogens with zero attached hydrogens (tertiary/aromatic N) is 5. The number of amides is 1.